The molecule has 170 valence electrons. The van der Waals surface area contributed by atoms with Gasteiger partial charge in [0.2, 0.25) is 10.0 Å². The van der Waals surface area contributed by atoms with E-state index in [1.807, 2.05) is 29.7 Å². The van der Waals surface area contributed by atoms with Crippen molar-refractivity contribution in [2.45, 2.75) is 24.8 Å². The number of allylic oxidation sites excluding steroid dienone is 1. The Morgan fingerprint density at radius 1 is 1.19 bits per heavy atom. The topological polar surface area (TPSA) is 81.2 Å². The molecule has 0 spiro atoms. The zero-order valence-corrected chi connectivity index (χ0v) is 20.0. The highest BCUT2D eigenvalue weighted by Gasteiger charge is 2.18. The lowest BCUT2D eigenvalue weighted by molar-refractivity contribution is 0.520. The summed E-state index contributed by atoms with van der Waals surface area (Å²) in [5.74, 6) is -0.283. The first-order chi connectivity index (χ1) is 13.8. The minimum Gasteiger partial charge on any atom is -0.338 e. The number of aromatic nitrogens is 2. The third-order valence-corrected chi connectivity index (χ3v) is 6.82. The third-order valence-electron chi connectivity index (χ3n) is 4.99. The van der Waals surface area contributed by atoms with Gasteiger partial charge in [-0.1, -0.05) is 12.1 Å². The average Bonchev–Trinajstić information content (AvgIpc) is 2.94. The van der Waals surface area contributed by atoms with E-state index in [9.17, 15) is 12.8 Å². The van der Waals surface area contributed by atoms with Crippen molar-refractivity contribution >= 4 is 45.7 Å². The van der Waals surface area contributed by atoms with Gasteiger partial charge in [0, 0.05) is 44.1 Å². The predicted octanol–water partition coefficient (Wildman–Crippen LogP) is 3.84. The fraction of sp³-hybridized carbons (Fsp3) is 0.286. The quantitative estimate of drug-likeness (QED) is 0.547. The Labute approximate surface area is 194 Å². The van der Waals surface area contributed by atoms with E-state index in [4.69, 9.17) is 5.73 Å². The van der Waals surface area contributed by atoms with Crippen LogP contribution in [0, 0.1) is 6.92 Å². The molecule has 0 fully saturated rings. The van der Waals surface area contributed by atoms with E-state index < -0.39 is 10.0 Å². The molecule has 2 aromatic heterocycles. The first-order valence-electron chi connectivity index (χ1n) is 9.23. The van der Waals surface area contributed by atoms with Crippen LogP contribution in [0.25, 0.3) is 10.9 Å². The van der Waals surface area contributed by atoms with E-state index in [0.29, 0.717) is 6.42 Å². The molecule has 0 aliphatic rings. The van der Waals surface area contributed by atoms with Gasteiger partial charge in [-0.25, -0.2) is 17.1 Å². The van der Waals surface area contributed by atoms with Gasteiger partial charge < -0.3 is 10.3 Å². The smallest absolute Gasteiger partial charge is 0.242 e. The molecular formula is C21H27Cl2FN4O2S. The molecule has 0 saturated heterocycles. The van der Waals surface area contributed by atoms with Crippen LogP contribution in [0.15, 0.2) is 59.5 Å². The largest absolute Gasteiger partial charge is 0.338 e. The monoisotopic (exact) mass is 488 g/mol. The van der Waals surface area contributed by atoms with E-state index >= 15 is 0 Å². The van der Waals surface area contributed by atoms with Crippen LogP contribution in [-0.2, 0) is 23.0 Å². The molecule has 0 bridgehead atoms. The number of rotatable bonds is 7. The van der Waals surface area contributed by atoms with Gasteiger partial charge in [0.1, 0.15) is 5.83 Å². The molecule has 3 aromatic rings. The normalized spacial score (nSPS) is 12.0. The second-order valence-corrected chi connectivity index (χ2v) is 9.19. The molecule has 0 aliphatic carbocycles. The minimum atomic E-state index is -3.46. The summed E-state index contributed by atoms with van der Waals surface area (Å²) >= 11 is 0. The lowest BCUT2D eigenvalue weighted by atomic mass is 10.0. The van der Waals surface area contributed by atoms with Crippen LogP contribution in [0.1, 0.15) is 16.8 Å². The molecule has 3 rings (SSSR count). The number of nitrogens with zero attached hydrogens (tertiary/aromatic N) is 3. The standard InChI is InChI=1S/C21H25FN4O2S.2ClH/c1-15-19(12-16-4-6-18(7-5-16)29(27,28)25(2)3)20-13-24-11-9-21(20)26(15)14-17(22)8-10-23;;/h4-9,11,13H,10,12,14,23H2,1-3H3;2*1H/b17-8-;;. The van der Waals surface area contributed by atoms with Gasteiger partial charge >= 0.3 is 0 Å². The molecule has 0 amide bonds. The maximum Gasteiger partial charge on any atom is 0.242 e. The summed E-state index contributed by atoms with van der Waals surface area (Å²) in [5.41, 5.74) is 9.27. The summed E-state index contributed by atoms with van der Waals surface area (Å²) < 4.78 is 41.8. The van der Waals surface area contributed by atoms with E-state index in [1.54, 1.807) is 24.5 Å². The molecule has 0 saturated carbocycles. The molecule has 31 heavy (non-hydrogen) atoms. The number of hydrogen-bond donors (Lipinski definition) is 1. The molecule has 6 nitrogen and oxygen atoms in total. The SMILES string of the molecule is Cc1c(Cc2ccc(S(=O)(=O)N(C)C)cc2)c2cnccc2n1C/C(F)=C/CN.Cl.Cl. The van der Waals surface area contributed by atoms with Gasteiger partial charge in [0.15, 0.2) is 0 Å². The molecule has 0 atom stereocenters. The second-order valence-electron chi connectivity index (χ2n) is 7.04. The maximum atomic E-state index is 14.1. The van der Waals surface area contributed by atoms with Gasteiger partial charge in [0.25, 0.3) is 0 Å². The fourth-order valence-electron chi connectivity index (χ4n) is 3.36. The predicted molar refractivity (Wildman–Crippen MR) is 127 cm³/mol. The number of hydrogen-bond acceptors (Lipinski definition) is 4. The van der Waals surface area contributed by atoms with Crippen molar-refractivity contribution in [3.05, 3.63) is 71.4 Å². The van der Waals surface area contributed by atoms with Gasteiger partial charge in [-0.05, 0) is 48.7 Å². The number of halogens is 3. The summed E-state index contributed by atoms with van der Waals surface area (Å²) in [6, 6.07) is 8.71. The van der Waals surface area contributed by atoms with Crippen molar-refractivity contribution in [1.29, 1.82) is 0 Å². The van der Waals surface area contributed by atoms with Gasteiger partial charge in [-0.3, -0.25) is 4.98 Å². The maximum absolute atomic E-state index is 14.1. The summed E-state index contributed by atoms with van der Waals surface area (Å²) in [6.45, 7) is 2.22. The minimum absolute atomic E-state index is 0. The number of sulfonamides is 1. The Morgan fingerprint density at radius 2 is 1.84 bits per heavy atom. The van der Waals surface area contributed by atoms with E-state index in [2.05, 4.69) is 4.98 Å². The first-order valence-corrected chi connectivity index (χ1v) is 10.7. The van der Waals surface area contributed by atoms with Crippen molar-refractivity contribution in [2.75, 3.05) is 20.6 Å². The highest BCUT2D eigenvalue weighted by molar-refractivity contribution is 7.89. The van der Waals surface area contributed by atoms with E-state index in [0.717, 1.165) is 27.7 Å². The molecule has 1 aromatic carbocycles. The number of benzene rings is 1. The number of pyridine rings is 1. The van der Waals surface area contributed by atoms with E-state index in [1.165, 1.54) is 24.5 Å². The Hall–Kier alpha value is -1.97. The van der Waals surface area contributed by atoms with Crippen LogP contribution in [0.3, 0.4) is 0 Å². The number of nitrogens with two attached hydrogens (primary N) is 1. The zero-order valence-electron chi connectivity index (χ0n) is 17.6. The fourth-order valence-corrected chi connectivity index (χ4v) is 4.26. The number of fused-ring (bicyclic) bond motifs is 1. The Morgan fingerprint density at radius 3 is 2.42 bits per heavy atom. The van der Waals surface area contributed by atoms with Crippen molar-refractivity contribution in [3.63, 3.8) is 0 Å². The molecular weight excluding hydrogens is 462 g/mol. The second kappa shape index (κ2) is 11.1. The van der Waals surface area contributed by atoms with E-state index in [-0.39, 0.29) is 48.6 Å². The Balaban J connectivity index is 0.00000240. The lowest BCUT2D eigenvalue weighted by Gasteiger charge is -2.12. The Kier molecular flexibility index (Phi) is 9.66. The molecule has 0 unspecified atom stereocenters. The Bertz CT molecular complexity index is 1160. The lowest BCUT2D eigenvalue weighted by Crippen LogP contribution is -2.22. The van der Waals surface area contributed by atoms with Crippen LogP contribution in [-0.4, -0.2) is 42.9 Å². The van der Waals surface area contributed by atoms with Gasteiger partial charge in [-0.15, -0.1) is 24.8 Å². The molecule has 0 aliphatic heterocycles. The van der Waals surface area contributed by atoms with Crippen LogP contribution in [0.4, 0.5) is 4.39 Å². The van der Waals surface area contributed by atoms with Crippen molar-refractivity contribution < 1.29 is 12.8 Å². The van der Waals surface area contributed by atoms with Crippen LogP contribution in [0.2, 0.25) is 0 Å². The van der Waals surface area contributed by atoms with Crippen LogP contribution >= 0.6 is 24.8 Å². The van der Waals surface area contributed by atoms with Crippen LogP contribution in [0.5, 0.6) is 0 Å². The van der Waals surface area contributed by atoms with Gasteiger partial charge in [-0.2, -0.15) is 0 Å². The molecule has 2 heterocycles. The van der Waals surface area contributed by atoms with Crippen molar-refractivity contribution in [3.8, 4) is 0 Å². The molecule has 0 radical (unpaired) electrons. The first kappa shape index (κ1) is 27.1. The van der Waals surface area contributed by atoms with Crippen molar-refractivity contribution in [1.82, 2.24) is 13.9 Å². The molecule has 10 heteroatoms. The third kappa shape index (κ3) is 5.64. The average molecular weight is 489 g/mol. The zero-order chi connectivity index (χ0) is 21.2. The van der Waals surface area contributed by atoms with Crippen LogP contribution < -0.4 is 5.73 Å². The summed E-state index contributed by atoms with van der Waals surface area (Å²) in [4.78, 5) is 4.48. The summed E-state index contributed by atoms with van der Waals surface area (Å²) in [6.07, 6.45) is 5.43. The van der Waals surface area contributed by atoms with Crippen molar-refractivity contribution in [2.24, 2.45) is 5.73 Å². The molecule has 2 N–H and O–H groups in total. The highest BCUT2D eigenvalue weighted by Crippen LogP contribution is 2.28. The summed E-state index contributed by atoms with van der Waals surface area (Å²) in [5, 5.41) is 0.954. The summed E-state index contributed by atoms with van der Waals surface area (Å²) in [7, 11) is -0.450. The highest BCUT2D eigenvalue weighted by atomic mass is 35.5. The van der Waals surface area contributed by atoms with Gasteiger partial charge in [0.05, 0.1) is 17.0 Å².